The van der Waals surface area contributed by atoms with Gasteiger partial charge in [0.15, 0.2) is 0 Å². The van der Waals surface area contributed by atoms with Gasteiger partial charge in [-0.2, -0.15) is 0 Å². The predicted molar refractivity (Wildman–Crippen MR) is 136 cm³/mol. The van der Waals surface area contributed by atoms with Crippen molar-refractivity contribution in [1.82, 2.24) is 15.1 Å². The average Bonchev–Trinajstić information content (AvgIpc) is 3.08. The molecule has 6 nitrogen and oxygen atoms in total. The molecule has 2 aliphatic rings. The average molecular weight is 457 g/mol. The monoisotopic (exact) mass is 456 g/mol. The molecule has 3 aromatic rings. The maximum Gasteiger partial charge on any atom is 0.326 e. The van der Waals surface area contributed by atoms with Crippen LogP contribution < -0.4 is 10.2 Å². The van der Waals surface area contributed by atoms with Crippen molar-refractivity contribution in [3.8, 4) is 0 Å². The van der Waals surface area contributed by atoms with Crippen molar-refractivity contribution < 1.29 is 9.59 Å². The highest BCUT2D eigenvalue weighted by molar-refractivity contribution is 6.07. The number of urea groups is 1. The van der Waals surface area contributed by atoms with E-state index in [4.69, 9.17) is 0 Å². The Morgan fingerprint density at radius 2 is 1.62 bits per heavy atom. The van der Waals surface area contributed by atoms with Crippen molar-refractivity contribution >= 4 is 28.4 Å². The van der Waals surface area contributed by atoms with E-state index in [1.807, 2.05) is 54.4 Å². The third kappa shape index (κ3) is 4.26. The molecule has 0 unspecified atom stereocenters. The molecule has 2 saturated heterocycles. The Labute approximate surface area is 201 Å². The first-order valence-electron chi connectivity index (χ1n) is 12.1. The molecule has 3 amide bonds. The van der Waals surface area contributed by atoms with E-state index in [2.05, 4.69) is 34.5 Å². The Hall–Kier alpha value is -3.38. The van der Waals surface area contributed by atoms with E-state index in [1.54, 1.807) is 6.92 Å². The number of anilines is 1. The van der Waals surface area contributed by atoms with Crippen LogP contribution in [0.1, 0.15) is 37.3 Å². The van der Waals surface area contributed by atoms with Crippen LogP contribution in [0.15, 0.2) is 66.7 Å². The number of hydrogen-bond acceptors (Lipinski definition) is 4. The summed E-state index contributed by atoms with van der Waals surface area (Å²) in [7, 11) is 1.94. The molecule has 2 fully saturated rings. The molecule has 2 heterocycles. The number of benzene rings is 3. The van der Waals surface area contributed by atoms with E-state index < -0.39 is 5.54 Å². The van der Waals surface area contributed by atoms with Crippen LogP contribution in [0.25, 0.3) is 10.8 Å². The third-order valence-electron chi connectivity index (χ3n) is 7.09. The second-order valence-electron chi connectivity index (χ2n) is 9.72. The molecular weight excluding hydrogens is 424 g/mol. The van der Waals surface area contributed by atoms with Crippen molar-refractivity contribution in [3.63, 3.8) is 0 Å². The zero-order valence-corrected chi connectivity index (χ0v) is 20.0. The van der Waals surface area contributed by atoms with Crippen molar-refractivity contribution in [1.29, 1.82) is 0 Å². The number of nitrogens with one attached hydrogen (secondary N) is 1. The second kappa shape index (κ2) is 9.11. The Balaban J connectivity index is 1.26. The van der Waals surface area contributed by atoms with E-state index in [-0.39, 0.29) is 18.6 Å². The van der Waals surface area contributed by atoms with Crippen LogP contribution >= 0.6 is 0 Å². The Morgan fingerprint density at radius 3 is 2.35 bits per heavy atom. The summed E-state index contributed by atoms with van der Waals surface area (Å²) in [5.74, 6) is -0.222. The van der Waals surface area contributed by atoms with Crippen molar-refractivity contribution in [2.45, 2.75) is 38.3 Å². The molecule has 0 bridgehead atoms. The van der Waals surface area contributed by atoms with Gasteiger partial charge < -0.3 is 10.2 Å². The first-order valence-corrected chi connectivity index (χ1v) is 12.1. The van der Waals surface area contributed by atoms with Crippen LogP contribution in [0, 0.1) is 0 Å². The lowest BCUT2D eigenvalue weighted by atomic mass is 9.90. The second-order valence-corrected chi connectivity index (χ2v) is 9.72. The third-order valence-corrected chi connectivity index (χ3v) is 7.09. The Kier molecular flexibility index (Phi) is 6.00. The van der Waals surface area contributed by atoms with Gasteiger partial charge in [-0.15, -0.1) is 0 Å². The highest BCUT2D eigenvalue weighted by atomic mass is 16.2. The molecule has 34 heavy (non-hydrogen) atoms. The number of carbonyl (C=O) groups is 2. The number of imide groups is 1. The molecule has 5 rings (SSSR count). The summed E-state index contributed by atoms with van der Waals surface area (Å²) in [5.41, 5.74) is 2.15. The minimum atomic E-state index is -1.07. The van der Waals surface area contributed by atoms with Crippen LogP contribution in [0.4, 0.5) is 10.5 Å². The standard InChI is InChI=1S/C28H32N4O2/c1-28(24-13-12-22-8-4-5-9-23(22)18-24)26(33)32(27(34)29-28)20-30(2)19-21-10-14-25(15-11-21)31-16-6-3-7-17-31/h4-5,8-15,18H,3,6-7,16-17,19-20H2,1-2H3,(H,29,34)/t28-/m1/s1. The van der Waals surface area contributed by atoms with Gasteiger partial charge in [0, 0.05) is 25.3 Å². The topological polar surface area (TPSA) is 55.9 Å². The predicted octanol–water partition coefficient (Wildman–Crippen LogP) is 4.69. The summed E-state index contributed by atoms with van der Waals surface area (Å²) < 4.78 is 0. The molecule has 1 N–H and O–H groups in total. The zero-order valence-electron chi connectivity index (χ0n) is 20.0. The van der Waals surface area contributed by atoms with Gasteiger partial charge in [0.25, 0.3) is 5.91 Å². The van der Waals surface area contributed by atoms with E-state index in [9.17, 15) is 9.59 Å². The molecule has 0 saturated carbocycles. The molecule has 0 aromatic heterocycles. The molecular formula is C28H32N4O2. The van der Waals surface area contributed by atoms with Gasteiger partial charge in [0.1, 0.15) is 5.54 Å². The number of nitrogens with zero attached hydrogens (tertiary/aromatic N) is 3. The lowest BCUT2D eigenvalue weighted by molar-refractivity contribution is -0.132. The van der Waals surface area contributed by atoms with Gasteiger partial charge in [-0.05, 0) is 73.3 Å². The molecule has 2 aliphatic heterocycles. The lowest BCUT2D eigenvalue weighted by Crippen LogP contribution is -2.42. The summed E-state index contributed by atoms with van der Waals surface area (Å²) in [6, 6.07) is 22.2. The van der Waals surface area contributed by atoms with Gasteiger partial charge in [0.05, 0.1) is 6.67 Å². The first kappa shape index (κ1) is 22.4. The SMILES string of the molecule is CN(Cc1ccc(N2CCCCC2)cc1)CN1C(=O)N[C@](C)(c2ccc3ccccc3c2)C1=O. The smallest absolute Gasteiger partial charge is 0.326 e. The quantitative estimate of drug-likeness (QED) is 0.547. The molecule has 0 radical (unpaired) electrons. The first-order chi connectivity index (χ1) is 16.4. The van der Waals surface area contributed by atoms with Gasteiger partial charge in [0.2, 0.25) is 0 Å². The summed E-state index contributed by atoms with van der Waals surface area (Å²) >= 11 is 0. The maximum atomic E-state index is 13.4. The Morgan fingerprint density at radius 1 is 0.912 bits per heavy atom. The van der Waals surface area contributed by atoms with Crippen LogP contribution in [-0.2, 0) is 16.9 Å². The van der Waals surface area contributed by atoms with Crippen LogP contribution in [0.2, 0.25) is 0 Å². The number of fused-ring (bicyclic) bond motifs is 1. The summed E-state index contributed by atoms with van der Waals surface area (Å²) in [6.07, 6.45) is 3.84. The fourth-order valence-electron chi connectivity index (χ4n) is 5.09. The minimum Gasteiger partial charge on any atom is -0.372 e. The molecule has 0 aliphatic carbocycles. The number of rotatable bonds is 6. The number of hydrogen-bond donors (Lipinski definition) is 1. The van der Waals surface area contributed by atoms with Gasteiger partial charge in [-0.25, -0.2) is 9.69 Å². The molecule has 0 spiro atoms. The van der Waals surface area contributed by atoms with Crippen LogP contribution in [-0.4, -0.2) is 48.5 Å². The van der Waals surface area contributed by atoms with Crippen molar-refractivity contribution in [2.75, 3.05) is 31.7 Å². The van der Waals surface area contributed by atoms with Gasteiger partial charge in [-0.3, -0.25) is 9.69 Å². The highest BCUT2D eigenvalue weighted by Gasteiger charge is 2.49. The number of carbonyl (C=O) groups excluding carboxylic acids is 2. The van der Waals surface area contributed by atoms with E-state index in [0.717, 1.165) is 35.0 Å². The molecule has 1 atom stereocenters. The lowest BCUT2D eigenvalue weighted by Gasteiger charge is -2.29. The summed E-state index contributed by atoms with van der Waals surface area (Å²) in [6.45, 7) is 4.94. The van der Waals surface area contributed by atoms with Gasteiger partial charge >= 0.3 is 6.03 Å². The number of piperidine rings is 1. The van der Waals surface area contributed by atoms with Crippen LogP contribution in [0.5, 0.6) is 0 Å². The van der Waals surface area contributed by atoms with Gasteiger partial charge in [-0.1, -0.05) is 48.5 Å². The Bertz CT molecular complexity index is 1200. The number of amides is 3. The minimum absolute atomic E-state index is 0.222. The fourth-order valence-corrected chi connectivity index (χ4v) is 5.09. The summed E-state index contributed by atoms with van der Waals surface area (Å²) in [4.78, 5) is 32.0. The van der Waals surface area contributed by atoms with E-state index in [0.29, 0.717) is 6.54 Å². The normalized spacial score (nSPS) is 20.9. The zero-order chi connectivity index (χ0) is 23.7. The van der Waals surface area contributed by atoms with Crippen LogP contribution in [0.3, 0.4) is 0 Å². The highest BCUT2D eigenvalue weighted by Crippen LogP contribution is 2.31. The largest absolute Gasteiger partial charge is 0.372 e. The van der Waals surface area contributed by atoms with Crippen molar-refractivity contribution in [3.05, 3.63) is 77.9 Å². The van der Waals surface area contributed by atoms with E-state index in [1.165, 1.54) is 29.8 Å². The fraction of sp³-hybridized carbons (Fsp3) is 0.357. The molecule has 176 valence electrons. The van der Waals surface area contributed by atoms with Crippen molar-refractivity contribution in [2.24, 2.45) is 0 Å². The maximum absolute atomic E-state index is 13.4. The van der Waals surface area contributed by atoms with E-state index >= 15 is 0 Å². The molecule has 6 heteroatoms. The molecule has 3 aromatic carbocycles. The summed E-state index contributed by atoms with van der Waals surface area (Å²) in [5, 5.41) is 5.08.